The van der Waals surface area contributed by atoms with Crippen molar-refractivity contribution in [1.82, 2.24) is 4.90 Å². The molecular formula is C16H24N2O. The van der Waals surface area contributed by atoms with Gasteiger partial charge in [0.05, 0.1) is 6.26 Å². The topological polar surface area (TPSA) is 42.4 Å². The molecule has 0 aliphatic heterocycles. The maximum absolute atomic E-state index is 5.68. The lowest BCUT2D eigenvalue weighted by Crippen LogP contribution is -2.43. The van der Waals surface area contributed by atoms with Crippen LogP contribution in [-0.2, 0) is 6.42 Å². The van der Waals surface area contributed by atoms with E-state index in [1.165, 1.54) is 10.9 Å². The molecule has 2 aromatic rings. The summed E-state index contributed by atoms with van der Waals surface area (Å²) >= 11 is 0. The maximum Gasteiger partial charge on any atom is 0.134 e. The summed E-state index contributed by atoms with van der Waals surface area (Å²) in [5.41, 5.74) is 8.08. The van der Waals surface area contributed by atoms with Crippen molar-refractivity contribution in [2.75, 3.05) is 20.1 Å². The van der Waals surface area contributed by atoms with E-state index >= 15 is 0 Å². The molecule has 0 unspecified atom stereocenters. The molecular weight excluding hydrogens is 236 g/mol. The Morgan fingerprint density at radius 1 is 1.26 bits per heavy atom. The van der Waals surface area contributed by atoms with Crippen molar-refractivity contribution in [3.63, 3.8) is 0 Å². The van der Waals surface area contributed by atoms with Crippen LogP contribution in [0.4, 0.5) is 0 Å². The fraction of sp³-hybridized carbons (Fsp3) is 0.500. The van der Waals surface area contributed by atoms with Gasteiger partial charge in [-0.1, -0.05) is 18.2 Å². The van der Waals surface area contributed by atoms with Gasteiger partial charge < -0.3 is 15.1 Å². The van der Waals surface area contributed by atoms with Gasteiger partial charge in [-0.2, -0.15) is 0 Å². The SMILES string of the molecule is CN(CCc1coc2ccccc12)C(C)(C)CCN. The lowest BCUT2D eigenvalue weighted by Gasteiger charge is -2.35. The minimum Gasteiger partial charge on any atom is -0.464 e. The Morgan fingerprint density at radius 3 is 2.74 bits per heavy atom. The van der Waals surface area contributed by atoms with E-state index in [-0.39, 0.29) is 5.54 Å². The van der Waals surface area contributed by atoms with Gasteiger partial charge in [-0.05, 0) is 51.9 Å². The number of rotatable bonds is 6. The summed E-state index contributed by atoms with van der Waals surface area (Å²) in [6, 6.07) is 8.20. The highest BCUT2D eigenvalue weighted by atomic mass is 16.3. The Hall–Kier alpha value is -1.32. The number of nitrogens with zero attached hydrogens (tertiary/aromatic N) is 1. The molecule has 0 aliphatic rings. The van der Waals surface area contributed by atoms with E-state index in [9.17, 15) is 0 Å². The quantitative estimate of drug-likeness (QED) is 0.868. The highest BCUT2D eigenvalue weighted by Crippen LogP contribution is 2.22. The Kier molecular flexibility index (Phi) is 4.27. The molecule has 0 saturated carbocycles. The smallest absolute Gasteiger partial charge is 0.134 e. The molecule has 0 fully saturated rings. The van der Waals surface area contributed by atoms with Crippen molar-refractivity contribution >= 4 is 11.0 Å². The van der Waals surface area contributed by atoms with Crippen LogP contribution >= 0.6 is 0 Å². The first-order valence-corrected chi connectivity index (χ1v) is 6.91. The van der Waals surface area contributed by atoms with E-state index in [1.807, 2.05) is 18.4 Å². The maximum atomic E-state index is 5.68. The molecule has 0 aliphatic carbocycles. The standard InChI is InChI=1S/C16H24N2O/c1-16(2,9-10-17)18(3)11-8-13-12-19-15-7-5-4-6-14(13)15/h4-7,12H,8-11,17H2,1-3H3. The number of furan rings is 1. The van der Waals surface area contributed by atoms with Crippen LogP contribution in [0, 0.1) is 0 Å². The molecule has 0 radical (unpaired) electrons. The Labute approximate surface area is 115 Å². The summed E-state index contributed by atoms with van der Waals surface area (Å²) in [4.78, 5) is 2.38. The minimum atomic E-state index is 0.147. The molecule has 2 N–H and O–H groups in total. The summed E-state index contributed by atoms with van der Waals surface area (Å²) < 4.78 is 5.58. The molecule has 0 atom stereocenters. The van der Waals surface area contributed by atoms with Crippen LogP contribution in [0.5, 0.6) is 0 Å². The number of likely N-dealkylation sites (N-methyl/N-ethyl adjacent to an activating group) is 1. The second-order valence-corrected chi connectivity index (χ2v) is 5.78. The van der Waals surface area contributed by atoms with E-state index in [2.05, 4.69) is 37.9 Å². The lowest BCUT2D eigenvalue weighted by atomic mass is 9.98. The predicted molar refractivity (Wildman–Crippen MR) is 80.3 cm³/mol. The molecule has 0 bridgehead atoms. The van der Waals surface area contributed by atoms with Gasteiger partial charge in [-0.15, -0.1) is 0 Å². The van der Waals surface area contributed by atoms with Crippen molar-refractivity contribution in [2.24, 2.45) is 5.73 Å². The van der Waals surface area contributed by atoms with E-state index in [4.69, 9.17) is 10.2 Å². The van der Waals surface area contributed by atoms with Crippen molar-refractivity contribution in [2.45, 2.75) is 32.2 Å². The van der Waals surface area contributed by atoms with Crippen LogP contribution in [0.25, 0.3) is 11.0 Å². The highest BCUT2D eigenvalue weighted by molar-refractivity contribution is 5.80. The monoisotopic (exact) mass is 260 g/mol. The number of hydrogen-bond donors (Lipinski definition) is 1. The molecule has 1 aromatic carbocycles. The summed E-state index contributed by atoms with van der Waals surface area (Å²) in [6.07, 6.45) is 3.89. The zero-order valence-electron chi connectivity index (χ0n) is 12.1. The van der Waals surface area contributed by atoms with Crippen molar-refractivity contribution in [1.29, 1.82) is 0 Å². The fourth-order valence-corrected chi connectivity index (χ4v) is 2.36. The molecule has 0 amide bonds. The van der Waals surface area contributed by atoms with Crippen molar-refractivity contribution in [3.05, 3.63) is 36.1 Å². The van der Waals surface area contributed by atoms with Crippen LogP contribution in [0.1, 0.15) is 25.8 Å². The molecule has 0 spiro atoms. The Bertz CT molecular complexity index is 530. The van der Waals surface area contributed by atoms with Gasteiger partial charge in [0.2, 0.25) is 0 Å². The van der Waals surface area contributed by atoms with Crippen LogP contribution in [-0.4, -0.2) is 30.6 Å². The number of nitrogens with two attached hydrogens (primary N) is 1. The van der Waals surface area contributed by atoms with Gasteiger partial charge in [0, 0.05) is 17.5 Å². The van der Waals surface area contributed by atoms with Gasteiger partial charge >= 0.3 is 0 Å². The third kappa shape index (κ3) is 3.17. The number of benzene rings is 1. The third-order valence-electron chi connectivity index (χ3n) is 4.07. The zero-order valence-corrected chi connectivity index (χ0v) is 12.1. The molecule has 1 heterocycles. The van der Waals surface area contributed by atoms with E-state index < -0.39 is 0 Å². The van der Waals surface area contributed by atoms with E-state index in [1.54, 1.807) is 0 Å². The summed E-state index contributed by atoms with van der Waals surface area (Å²) in [5, 5.41) is 1.23. The van der Waals surface area contributed by atoms with Gasteiger partial charge in [0.15, 0.2) is 0 Å². The predicted octanol–water partition coefficient (Wildman–Crippen LogP) is 3.03. The Morgan fingerprint density at radius 2 is 2.00 bits per heavy atom. The summed E-state index contributed by atoms with van der Waals surface area (Å²) in [6.45, 7) is 6.23. The van der Waals surface area contributed by atoms with Crippen molar-refractivity contribution in [3.8, 4) is 0 Å². The van der Waals surface area contributed by atoms with Crippen LogP contribution in [0.3, 0.4) is 0 Å². The second-order valence-electron chi connectivity index (χ2n) is 5.78. The number of hydrogen-bond acceptors (Lipinski definition) is 3. The Balaban J connectivity index is 2.02. The molecule has 1 aromatic heterocycles. The first-order valence-electron chi connectivity index (χ1n) is 6.91. The number of fused-ring (bicyclic) bond motifs is 1. The van der Waals surface area contributed by atoms with Crippen LogP contribution in [0.2, 0.25) is 0 Å². The minimum absolute atomic E-state index is 0.147. The molecule has 0 saturated heterocycles. The van der Waals surface area contributed by atoms with E-state index in [0.717, 1.165) is 31.5 Å². The molecule has 104 valence electrons. The number of para-hydroxylation sites is 1. The largest absolute Gasteiger partial charge is 0.464 e. The fourth-order valence-electron chi connectivity index (χ4n) is 2.36. The van der Waals surface area contributed by atoms with Gasteiger partial charge in [-0.3, -0.25) is 0 Å². The molecule has 3 nitrogen and oxygen atoms in total. The first-order chi connectivity index (χ1) is 9.04. The zero-order chi connectivity index (χ0) is 13.9. The van der Waals surface area contributed by atoms with Gasteiger partial charge in [-0.25, -0.2) is 0 Å². The highest BCUT2D eigenvalue weighted by Gasteiger charge is 2.22. The van der Waals surface area contributed by atoms with Gasteiger partial charge in [0.1, 0.15) is 5.58 Å². The first kappa shape index (κ1) is 14.1. The lowest BCUT2D eigenvalue weighted by molar-refractivity contribution is 0.150. The molecule has 3 heteroatoms. The van der Waals surface area contributed by atoms with Crippen molar-refractivity contribution < 1.29 is 4.42 Å². The second kappa shape index (κ2) is 5.76. The molecule has 19 heavy (non-hydrogen) atoms. The van der Waals surface area contributed by atoms with Crippen LogP contribution in [0.15, 0.2) is 34.9 Å². The normalized spacial score (nSPS) is 12.5. The summed E-state index contributed by atoms with van der Waals surface area (Å²) in [7, 11) is 2.16. The average molecular weight is 260 g/mol. The average Bonchev–Trinajstić information content (AvgIpc) is 2.79. The van der Waals surface area contributed by atoms with E-state index in [0.29, 0.717) is 0 Å². The van der Waals surface area contributed by atoms with Crippen LogP contribution < -0.4 is 5.73 Å². The van der Waals surface area contributed by atoms with Gasteiger partial charge in [0.25, 0.3) is 0 Å². The summed E-state index contributed by atoms with van der Waals surface area (Å²) in [5.74, 6) is 0. The third-order valence-corrected chi connectivity index (χ3v) is 4.07. The molecule has 2 rings (SSSR count).